The van der Waals surface area contributed by atoms with Crippen LogP contribution in [0.2, 0.25) is 0 Å². The van der Waals surface area contributed by atoms with Gasteiger partial charge in [-0.15, -0.1) is 0 Å². The first kappa shape index (κ1) is 12.1. The highest BCUT2D eigenvalue weighted by atomic mass is 16.5. The molecule has 2 aliphatic heterocycles. The minimum atomic E-state index is 0.223. The topological polar surface area (TPSA) is 58.7 Å². The van der Waals surface area contributed by atoms with Gasteiger partial charge in [0.1, 0.15) is 11.5 Å². The summed E-state index contributed by atoms with van der Waals surface area (Å²) in [6.45, 7) is 4.52. The summed E-state index contributed by atoms with van der Waals surface area (Å²) in [4.78, 5) is 2.33. The van der Waals surface area contributed by atoms with E-state index in [2.05, 4.69) is 17.0 Å². The molecule has 5 heteroatoms. The summed E-state index contributed by atoms with van der Waals surface area (Å²) in [6, 6.07) is 0.760. The molecule has 1 saturated heterocycles. The van der Waals surface area contributed by atoms with Crippen LogP contribution in [0.15, 0.2) is 4.52 Å². The molecule has 2 aliphatic rings. The van der Waals surface area contributed by atoms with E-state index in [1.165, 1.54) is 0 Å². The van der Waals surface area contributed by atoms with E-state index < -0.39 is 0 Å². The van der Waals surface area contributed by atoms with Crippen molar-refractivity contribution in [1.82, 2.24) is 10.1 Å². The predicted molar refractivity (Wildman–Crippen MR) is 65.0 cm³/mol. The van der Waals surface area contributed by atoms with Crippen molar-refractivity contribution in [3.05, 3.63) is 17.0 Å². The van der Waals surface area contributed by atoms with Crippen molar-refractivity contribution in [1.29, 1.82) is 0 Å². The van der Waals surface area contributed by atoms with Crippen LogP contribution in [0.5, 0.6) is 0 Å². The Hall–Kier alpha value is -0.910. The number of aromatic nitrogens is 1. The molecule has 0 aliphatic carbocycles. The lowest BCUT2D eigenvalue weighted by Crippen LogP contribution is -2.36. The summed E-state index contributed by atoms with van der Waals surface area (Å²) >= 11 is 0. The van der Waals surface area contributed by atoms with Crippen LogP contribution in [0.25, 0.3) is 0 Å². The third-order valence-electron chi connectivity index (χ3n) is 4.17. The van der Waals surface area contributed by atoms with Crippen molar-refractivity contribution in [2.45, 2.75) is 51.4 Å². The molecular formula is C13H20N2O3. The molecule has 18 heavy (non-hydrogen) atoms. The second-order valence-corrected chi connectivity index (χ2v) is 5.27. The first-order valence-corrected chi connectivity index (χ1v) is 6.70. The van der Waals surface area contributed by atoms with Crippen molar-refractivity contribution in [2.75, 3.05) is 13.2 Å². The van der Waals surface area contributed by atoms with Gasteiger partial charge in [0, 0.05) is 30.6 Å². The third-order valence-corrected chi connectivity index (χ3v) is 4.17. The molecule has 0 spiro atoms. The first-order chi connectivity index (χ1) is 8.79. The van der Waals surface area contributed by atoms with Crippen LogP contribution in [-0.2, 0) is 24.3 Å². The molecule has 2 atom stereocenters. The maximum atomic E-state index is 9.41. The van der Waals surface area contributed by atoms with Gasteiger partial charge in [-0.2, -0.15) is 0 Å². The van der Waals surface area contributed by atoms with Crippen LogP contribution in [0.3, 0.4) is 0 Å². The largest absolute Gasteiger partial charge is 0.395 e. The van der Waals surface area contributed by atoms with E-state index in [4.69, 9.17) is 9.26 Å². The number of nitrogens with zero attached hydrogens (tertiary/aromatic N) is 2. The zero-order chi connectivity index (χ0) is 12.5. The maximum absolute atomic E-state index is 9.41. The van der Waals surface area contributed by atoms with E-state index in [9.17, 15) is 5.11 Å². The fraction of sp³-hybridized carbons (Fsp3) is 0.769. The van der Waals surface area contributed by atoms with Gasteiger partial charge in [-0.3, -0.25) is 4.90 Å². The fourth-order valence-electron chi connectivity index (χ4n) is 2.98. The van der Waals surface area contributed by atoms with Gasteiger partial charge in [-0.25, -0.2) is 0 Å². The molecule has 0 saturated carbocycles. The highest BCUT2D eigenvalue weighted by Crippen LogP contribution is 2.28. The standard InChI is InChI=1S/C13H20N2O3/c1-9-2-3-10(7-16)15(9)6-12-11-8-17-5-4-13(11)18-14-12/h9-10,16H,2-8H2,1H3/t9-,10-/m1/s1. The normalized spacial score (nSPS) is 28.6. The highest BCUT2D eigenvalue weighted by molar-refractivity contribution is 5.24. The predicted octanol–water partition coefficient (Wildman–Crippen LogP) is 1.09. The first-order valence-electron chi connectivity index (χ1n) is 6.70. The molecule has 3 heterocycles. The Balaban J connectivity index is 1.77. The molecule has 1 N–H and O–H groups in total. The average Bonchev–Trinajstić information content (AvgIpc) is 2.96. The maximum Gasteiger partial charge on any atom is 0.144 e. The Kier molecular flexibility index (Phi) is 3.37. The smallest absolute Gasteiger partial charge is 0.144 e. The Morgan fingerprint density at radius 3 is 3.17 bits per heavy atom. The van der Waals surface area contributed by atoms with E-state index >= 15 is 0 Å². The lowest BCUT2D eigenvalue weighted by Gasteiger charge is -2.26. The van der Waals surface area contributed by atoms with Crippen LogP contribution in [0.1, 0.15) is 36.8 Å². The number of fused-ring (bicyclic) bond motifs is 1. The fourth-order valence-corrected chi connectivity index (χ4v) is 2.98. The Morgan fingerprint density at radius 2 is 2.33 bits per heavy atom. The molecule has 0 aromatic carbocycles. The third kappa shape index (κ3) is 2.06. The highest BCUT2D eigenvalue weighted by Gasteiger charge is 2.32. The monoisotopic (exact) mass is 252 g/mol. The molecule has 3 rings (SSSR count). The van der Waals surface area contributed by atoms with Crippen LogP contribution in [-0.4, -0.2) is 40.5 Å². The Bertz CT molecular complexity index is 418. The van der Waals surface area contributed by atoms with Crippen molar-refractivity contribution in [3.63, 3.8) is 0 Å². The Labute approximate surface area is 107 Å². The minimum Gasteiger partial charge on any atom is -0.395 e. The number of hydrogen-bond acceptors (Lipinski definition) is 5. The number of rotatable bonds is 3. The molecule has 1 aromatic heterocycles. The summed E-state index contributed by atoms with van der Waals surface area (Å²) in [6.07, 6.45) is 3.03. The van der Waals surface area contributed by atoms with Crippen LogP contribution in [0.4, 0.5) is 0 Å². The van der Waals surface area contributed by atoms with Gasteiger partial charge >= 0.3 is 0 Å². The number of likely N-dealkylation sites (tertiary alicyclic amines) is 1. The van der Waals surface area contributed by atoms with Crippen molar-refractivity contribution in [3.8, 4) is 0 Å². The molecule has 5 nitrogen and oxygen atoms in total. The summed E-state index contributed by atoms with van der Waals surface area (Å²) < 4.78 is 10.9. The van der Waals surface area contributed by atoms with Gasteiger partial charge < -0.3 is 14.4 Å². The quantitative estimate of drug-likeness (QED) is 0.872. The molecule has 0 amide bonds. The molecule has 0 bridgehead atoms. The van der Waals surface area contributed by atoms with Crippen molar-refractivity contribution in [2.24, 2.45) is 0 Å². The molecule has 100 valence electrons. The number of aliphatic hydroxyl groups is 1. The van der Waals surface area contributed by atoms with Gasteiger partial charge in [0.2, 0.25) is 0 Å². The lowest BCUT2D eigenvalue weighted by molar-refractivity contribution is 0.101. The average molecular weight is 252 g/mol. The summed E-state index contributed by atoms with van der Waals surface area (Å²) in [5, 5.41) is 13.6. The van der Waals surface area contributed by atoms with Crippen molar-refractivity contribution >= 4 is 0 Å². The zero-order valence-corrected chi connectivity index (χ0v) is 10.8. The SMILES string of the molecule is C[C@@H]1CC[C@H](CO)N1Cc1noc2c1COCC2. The summed E-state index contributed by atoms with van der Waals surface area (Å²) in [5.74, 6) is 0.976. The van der Waals surface area contributed by atoms with Gasteiger partial charge in [0.25, 0.3) is 0 Å². The second kappa shape index (κ2) is 4.99. The lowest BCUT2D eigenvalue weighted by atomic mass is 10.1. The second-order valence-electron chi connectivity index (χ2n) is 5.27. The molecule has 1 aromatic rings. The summed E-state index contributed by atoms with van der Waals surface area (Å²) in [5.41, 5.74) is 2.11. The Morgan fingerprint density at radius 1 is 1.44 bits per heavy atom. The van der Waals surface area contributed by atoms with Crippen LogP contribution in [0, 0.1) is 0 Å². The number of ether oxygens (including phenoxy) is 1. The molecule has 1 fully saturated rings. The minimum absolute atomic E-state index is 0.223. The summed E-state index contributed by atoms with van der Waals surface area (Å²) in [7, 11) is 0. The van der Waals surface area contributed by atoms with Gasteiger partial charge in [0.05, 0.1) is 19.8 Å². The molecule has 0 radical (unpaired) electrons. The van der Waals surface area contributed by atoms with E-state index in [1.807, 2.05) is 0 Å². The zero-order valence-electron chi connectivity index (χ0n) is 10.8. The molecular weight excluding hydrogens is 232 g/mol. The van der Waals surface area contributed by atoms with E-state index in [1.54, 1.807) is 0 Å². The van der Waals surface area contributed by atoms with Gasteiger partial charge in [0.15, 0.2) is 0 Å². The van der Waals surface area contributed by atoms with Gasteiger partial charge in [-0.1, -0.05) is 5.16 Å². The molecule has 0 unspecified atom stereocenters. The van der Waals surface area contributed by atoms with Gasteiger partial charge in [-0.05, 0) is 19.8 Å². The van der Waals surface area contributed by atoms with E-state index in [-0.39, 0.29) is 12.6 Å². The number of hydrogen-bond donors (Lipinski definition) is 1. The van der Waals surface area contributed by atoms with Crippen molar-refractivity contribution < 1.29 is 14.4 Å². The van der Waals surface area contributed by atoms with Crippen LogP contribution < -0.4 is 0 Å². The van der Waals surface area contributed by atoms with Crippen LogP contribution >= 0.6 is 0 Å². The van der Waals surface area contributed by atoms with E-state index in [0.29, 0.717) is 12.6 Å². The number of aliphatic hydroxyl groups excluding tert-OH is 1. The van der Waals surface area contributed by atoms with E-state index in [0.717, 1.165) is 49.4 Å².